The first-order valence-corrected chi connectivity index (χ1v) is 11.0. The van der Waals surface area contributed by atoms with Crippen molar-refractivity contribution in [1.29, 1.82) is 0 Å². The number of imide groups is 1. The Balaban J connectivity index is 1.52. The lowest BCUT2D eigenvalue weighted by Crippen LogP contribution is -2.27. The Labute approximate surface area is 177 Å². The summed E-state index contributed by atoms with van der Waals surface area (Å²) in [5.41, 5.74) is 4.26. The number of anilines is 1. The summed E-state index contributed by atoms with van der Waals surface area (Å²) in [5.74, 6) is -0.221. The van der Waals surface area contributed by atoms with E-state index in [1.54, 1.807) is 0 Å². The maximum atomic E-state index is 12.8. The van der Waals surface area contributed by atoms with Gasteiger partial charge in [0, 0.05) is 23.2 Å². The summed E-state index contributed by atoms with van der Waals surface area (Å²) in [5, 5.41) is -0.217. The van der Waals surface area contributed by atoms with E-state index >= 15 is 0 Å². The number of benzene rings is 2. The fraction of sp³-hybridized carbons (Fsp3) is 0.273. The van der Waals surface area contributed by atoms with E-state index in [9.17, 15) is 9.59 Å². The second-order valence-corrected chi connectivity index (χ2v) is 9.04. The smallest absolute Gasteiger partial charge is 0.293 e. The first-order valence-electron chi connectivity index (χ1n) is 9.37. The van der Waals surface area contributed by atoms with Crippen LogP contribution in [0.1, 0.15) is 29.5 Å². The maximum Gasteiger partial charge on any atom is 0.293 e. The van der Waals surface area contributed by atoms with E-state index in [1.807, 2.05) is 36.4 Å². The number of aryl methyl sites for hydroxylation is 1. The van der Waals surface area contributed by atoms with Gasteiger partial charge in [0.1, 0.15) is 0 Å². The summed E-state index contributed by atoms with van der Waals surface area (Å²) in [6.45, 7) is 4.56. The maximum absolute atomic E-state index is 12.8. The van der Waals surface area contributed by atoms with Crippen molar-refractivity contribution in [2.45, 2.75) is 26.3 Å². The van der Waals surface area contributed by atoms with Gasteiger partial charge in [-0.3, -0.25) is 14.5 Å². The molecule has 6 heteroatoms. The van der Waals surface area contributed by atoms with Crippen molar-refractivity contribution in [3.8, 4) is 0 Å². The molecule has 0 unspecified atom stereocenters. The molecule has 0 N–H and O–H groups in total. The molecule has 2 aliphatic rings. The number of halogens is 1. The summed E-state index contributed by atoms with van der Waals surface area (Å²) in [6, 6.07) is 14.0. The van der Waals surface area contributed by atoms with Gasteiger partial charge in [-0.05, 0) is 78.6 Å². The van der Waals surface area contributed by atoms with Crippen LogP contribution in [0.15, 0.2) is 51.8 Å². The van der Waals surface area contributed by atoms with E-state index in [2.05, 4.69) is 39.9 Å². The van der Waals surface area contributed by atoms with Gasteiger partial charge in [0.25, 0.3) is 11.1 Å². The Hall–Kier alpha value is -2.05. The third-order valence-electron chi connectivity index (χ3n) is 5.14. The Morgan fingerprint density at radius 1 is 1.07 bits per heavy atom. The topological polar surface area (TPSA) is 40.6 Å². The first-order chi connectivity index (χ1) is 13.5. The van der Waals surface area contributed by atoms with E-state index in [0.717, 1.165) is 46.0 Å². The fourth-order valence-electron chi connectivity index (χ4n) is 3.54. The molecule has 144 valence electrons. The summed E-state index contributed by atoms with van der Waals surface area (Å²) < 4.78 is 0.970. The zero-order valence-electron chi connectivity index (χ0n) is 15.7. The van der Waals surface area contributed by atoms with Crippen LogP contribution in [-0.2, 0) is 11.3 Å². The SMILES string of the molecule is Cc1cc(N2CCCC2)ccc1/C=C1\SC(=O)N(Cc2ccc(Br)cc2)C1=O. The predicted octanol–water partition coefficient (Wildman–Crippen LogP) is 5.59. The molecule has 2 heterocycles. The lowest BCUT2D eigenvalue weighted by molar-refractivity contribution is -0.123. The first kappa shape index (κ1) is 19.3. The molecular weight excluding hydrogens is 436 g/mol. The molecule has 2 aromatic carbocycles. The van der Waals surface area contributed by atoms with Gasteiger partial charge in [0.05, 0.1) is 11.4 Å². The fourth-order valence-corrected chi connectivity index (χ4v) is 4.64. The molecule has 0 aromatic heterocycles. The second-order valence-electron chi connectivity index (χ2n) is 7.13. The van der Waals surface area contributed by atoms with Crippen LogP contribution in [0, 0.1) is 6.92 Å². The molecule has 0 aliphatic carbocycles. The van der Waals surface area contributed by atoms with E-state index in [4.69, 9.17) is 0 Å². The van der Waals surface area contributed by atoms with Crippen molar-refractivity contribution in [3.05, 3.63) is 68.5 Å². The molecule has 0 atom stereocenters. The monoisotopic (exact) mass is 456 g/mol. The van der Waals surface area contributed by atoms with Crippen LogP contribution < -0.4 is 4.90 Å². The van der Waals surface area contributed by atoms with Crippen LogP contribution in [0.4, 0.5) is 10.5 Å². The zero-order valence-corrected chi connectivity index (χ0v) is 18.1. The quantitative estimate of drug-likeness (QED) is 0.561. The third kappa shape index (κ3) is 4.03. The highest BCUT2D eigenvalue weighted by atomic mass is 79.9. The second kappa shape index (κ2) is 8.13. The Bertz CT molecular complexity index is 950. The lowest BCUT2D eigenvalue weighted by Gasteiger charge is -2.18. The average molecular weight is 457 g/mol. The highest BCUT2D eigenvalue weighted by Crippen LogP contribution is 2.34. The minimum absolute atomic E-state index is 0.217. The number of thioether (sulfide) groups is 1. The van der Waals surface area contributed by atoms with Crippen LogP contribution in [0.25, 0.3) is 6.08 Å². The van der Waals surface area contributed by atoms with Gasteiger partial charge >= 0.3 is 0 Å². The summed E-state index contributed by atoms with van der Waals surface area (Å²) in [7, 11) is 0. The predicted molar refractivity (Wildman–Crippen MR) is 118 cm³/mol. The summed E-state index contributed by atoms with van der Waals surface area (Å²) in [6.07, 6.45) is 4.33. The van der Waals surface area contributed by atoms with Crippen molar-refractivity contribution in [2.75, 3.05) is 18.0 Å². The molecule has 2 aliphatic heterocycles. The van der Waals surface area contributed by atoms with Crippen LogP contribution in [0.3, 0.4) is 0 Å². The molecule has 4 nitrogen and oxygen atoms in total. The van der Waals surface area contributed by atoms with Gasteiger partial charge in [0.2, 0.25) is 0 Å². The van der Waals surface area contributed by atoms with Crippen LogP contribution in [-0.4, -0.2) is 29.1 Å². The molecule has 2 aromatic rings. The van der Waals surface area contributed by atoms with Gasteiger partial charge in [-0.25, -0.2) is 0 Å². The van der Waals surface area contributed by atoms with Gasteiger partial charge < -0.3 is 4.90 Å². The molecule has 0 saturated carbocycles. The number of carbonyl (C=O) groups excluding carboxylic acids is 2. The van der Waals surface area contributed by atoms with Gasteiger partial charge in [-0.15, -0.1) is 0 Å². The molecule has 28 heavy (non-hydrogen) atoms. The molecule has 2 amide bonds. The molecule has 2 fully saturated rings. The van der Waals surface area contributed by atoms with Crippen LogP contribution in [0.5, 0.6) is 0 Å². The van der Waals surface area contributed by atoms with E-state index in [-0.39, 0.29) is 11.1 Å². The van der Waals surface area contributed by atoms with E-state index in [1.165, 1.54) is 23.4 Å². The molecule has 4 rings (SSSR count). The van der Waals surface area contributed by atoms with E-state index < -0.39 is 0 Å². The lowest BCUT2D eigenvalue weighted by atomic mass is 10.1. The van der Waals surface area contributed by atoms with Crippen molar-refractivity contribution < 1.29 is 9.59 Å². The number of hydrogen-bond donors (Lipinski definition) is 0. The van der Waals surface area contributed by atoms with Crippen molar-refractivity contribution >= 4 is 50.6 Å². The largest absolute Gasteiger partial charge is 0.372 e. The number of amides is 2. The van der Waals surface area contributed by atoms with Crippen molar-refractivity contribution in [3.63, 3.8) is 0 Å². The van der Waals surface area contributed by atoms with Gasteiger partial charge in [0.15, 0.2) is 0 Å². The minimum atomic E-state index is -0.221. The normalized spacial score (nSPS) is 18.6. The van der Waals surface area contributed by atoms with Crippen LogP contribution >= 0.6 is 27.7 Å². The van der Waals surface area contributed by atoms with Crippen molar-refractivity contribution in [1.82, 2.24) is 4.90 Å². The highest BCUT2D eigenvalue weighted by Gasteiger charge is 2.35. The number of hydrogen-bond acceptors (Lipinski definition) is 4. The molecule has 0 bridgehead atoms. The molecule has 2 saturated heterocycles. The van der Waals surface area contributed by atoms with Crippen LogP contribution in [0.2, 0.25) is 0 Å². The van der Waals surface area contributed by atoms with Gasteiger partial charge in [-0.1, -0.05) is 34.1 Å². The Morgan fingerprint density at radius 3 is 2.46 bits per heavy atom. The van der Waals surface area contributed by atoms with Gasteiger partial charge in [-0.2, -0.15) is 0 Å². The number of nitrogens with zero attached hydrogens (tertiary/aromatic N) is 2. The number of carbonyl (C=O) groups is 2. The minimum Gasteiger partial charge on any atom is -0.372 e. The number of rotatable bonds is 4. The highest BCUT2D eigenvalue weighted by molar-refractivity contribution is 9.10. The Morgan fingerprint density at radius 2 is 1.79 bits per heavy atom. The molecular formula is C22H21BrN2O2S. The third-order valence-corrected chi connectivity index (χ3v) is 6.57. The Kier molecular flexibility index (Phi) is 5.60. The molecule has 0 radical (unpaired) electrons. The summed E-state index contributed by atoms with van der Waals surface area (Å²) in [4.78, 5) is 29.3. The average Bonchev–Trinajstić information content (AvgIpc) is 3.30. The summed E-state index contributed by atoms with van der Waals surface area (Å²) >= 11 is 4.41. The van der Waals surface area contributed by atoms with E-state index in [0.29, 0.717) is 11.4 Å². The van der Waals surface area contributed by atoms with Crippen molar-refractivity contribution in [2.24, 2.45) is 0 Å². The standard InChI is InChI=1S/C22H21BrN2O2S/c1-15-12-19(24-10-2-3-11-24)9-6-17(15)13-20-21(26)25(22(27)28-20)14-16-4-7-18(23)8-5-16/h4-9,12-13H,2-3,10-11,14H2,1H3/b20-13-. The molecule has 0 spiro atoms. The zero-order chi connectivity index (χ0) is 19.7.